The molecule has 136 valence electrons. The van der Waals surface area contributed by atoms with Gasteiger partial charge in [-0.05, 0) is 23.8 Å². The number of rotatable bonds is 6. The highest BCUT2D eigenvalue weighted by Gasteiger charge is 2.17. The Kier molecular flexibility index (Phi) is 5.32. The summed E-state index contributed by atoms with van der Waals surface area (Å²) in [6.07, 6.45) is 6.73. The number of hydrogen-bond donors (Lipinski definition) is 1. The third-order valence-corrected chi connectivity index (χ3v) is 4.41. The molecule has 0 saturated heterocycles. The van der Waals surface area contributed by atoms with Crippen molar-refractivity contribution in [2.75, 3.05) is 26.1 Å². The maximum absolute atomic E-state index is 13.7. The summed E-state index contributed by atoms with van der Waals surface area (Å²) in [6.45, 7) is 2.35. The quantitative estimate of drug-likeness (QED) is 0.799. The van der Waals surface area contributed by atoms with E-state index in [0.29, 0.717) is 22.9 Å². The van der Waals surface area contributed by atoms with Crippen molar-refractivity contribution >= 4 is 22.9 Å². The first-order chi connectivity index (χ1) is 12.5. The summed E-state index contributed by atoms with van der Waals surface area (Å²) in [6, 6.07) is 4.29. The van der Waals surface area contributed by atoms with E-state index in [1.54, 1.807) is 20.2 Å². The molecule has 3 rings (SSSR count). The second-order valence-electron chi connectivity index (χ2n) is 6.22. The van der Waals surface area contributed by atoms with E-state index in [2.05, 4.69) is 23.3 Å². The van der Waals surface area contributed by atoms with Gasteiger partial charge in [-0.2, -0.15) is 0 Å². The zero-order chi connectivity index (χ0) is 18.7. The Morgan fingerprint density at radius 2 is 2.15 bits per heavy atom. The molecule has 1 aromatic heterocycles. The van der Waals surface area contributed by atoms with Crippen molar-refractivity contribution in [2.24, 2.45) is 5.92 Å². The van der Waals surface area contributed by atoms with E-state index in [1.165, 1.54) is 12.1 Å². The van der Waals surface area contributed by atoms with Gasteiger partial charge in [0.15, 0.2) is 6.29 Å². The van der Waals surface area contributed by atoms with E-state index in [1.807, 2.05) is 12.2 Å². The summed E-state index contributed by atoms with van der Waals surface area (Å²) < 4.78 is 24.9. The van der Waals surface area contributed by atoms with E-state index < -0.39 is 5.82 Å². The molecule has 2 aromatic rings. The summed E-state index contributed by atoms with van der Waals surface area (Å²) in [5, 5.41) is 3.45. The number of anilines is 1. The van der Waals surface area contributed by atoms with E-state index in [0.717, 1.165) is 5.57 Å². The van der Waals surface area contributed by atoms with Crippen molar-refractivity contribution in [3.8, 4) is 5.88 Å². The normalized spacial score (nSPS) is 19.3. The molecule has 0 spiro atoms. The number of benzene rings is 1. The molecule has 1 N–H and O–H groups in total. The lowest BCUT2D eigenvalue weighted by molar-refractivity contribution is 0.111. The van der Waals surface area contributed by atoms with Crippen LogP contribution in [0.4, 0.5) is 10.1 Å². The van der Waals surface area contributed by atoms with Gasteiger partial charge in [-0.15, -0.1) is 0 Å². The maximum atomic E-state index is 13.7. The van der Waals surface area contributed by atoms with Crippen molar-refractivity contribution in [1.82, 2.24) is 4.98 Å². The van der Waals surface area contributed by atoms with Gasteiger partial charge in [-0.25, -0.2) is 9.37 Å². The molecule has 1 aromatic carbocycles. The first kappa shape index (κ1) is 18.1. The van der Waals surface area contributed by atoms with Gasteiger partial charge in [-0.1, -0.05) is 25.2 Å². The van der Waals surface area contributed by atoms with Crippen molar-refractivity contribution in [3.63, 3.8) is 0 Å². The van der Waals surface area contributed by atoms with Gasteiger partial charge in [-0.3, -0.25) is 4.79 Å². The lowest BCUT2D eigenvalue weighted by atomic mass is 9.95. The van der Waals surface area contributed by atoms with Crippen LogP contribution in [0.25, 0.3) is 10.9 Å². The zero-order valence-corrected chi connectivity index (χ0v) is 15.0. The van der Waals surface area contributed by atoms with Crippen LogP contribution >= 0.6 is 0 Å². The fourth-order valence-corrected chi connectivity index (χ4v) is 3.06. The molecule has 1 aliphatic rings. The van der Waals surface area contributed by atoms with Gasteiger partial charge in [0, 0.05) is 25.5 Å². The Labute approximate surface area is 151 Å². The number of ether oxygens (including phenoxy) is 2. The number of pyridine rings is 1. The molecule has 0 bridgehead atoms. The number of nitrogens with zero attached hydrogens (tertiary/aromatic N) is 1. The van der Waals surface area contributed by atoms with E-state index in [4.69, 9.17) is 9.47 Å². The number of carbonyl (C=O) groups is 1. The molecule has 1 aliphatic carbocycles. The molecule has 1 heterocycles. The average molecular weight is 356 g/mol. The number of aldehydes is 1. The Hall–Kier alpha value is -2.73. The Balaban J connectivity index is 1.89. The molecule has 2 unspecified atom stereocenters. The van der Waals surface area contributed by atoms with E-state index in [9.17, 15) is 9.18 Å². The summed E-state index contributed by atoms with van der Waals surface area (Å²) in [4.78, 5) is 15.9. The van der Waals surface area contributed by atoms with Crippen LogP contribution in [0.5, 0.6) is 5.88 Å². The zero-order valence-electron chi connectivity index (χ0n) is 15.0. The van der Waals surface area contributed by atoms with Crippen molar-refractivity contribution in [1.29, 1.82) is 0 Å². The molecule has 5 nitrogen and oxygen atoms in total. The molecule has 0 fully saturated rings. The highest BCUT2D eigenvalue weighted by Crippen LogP contribution is 2.28. The third-order valence-electron chi connectivity index (χ3n) is 4.41. The summed E-state index contributed by atoms with van der Waals surface area (Å²) in [5.74, 6) is 0.0670. The van der Waals surface area contributed by atoms with E-state index in [-0.39, 0.29) is 30.1 Å². The second kappa shape index (κ2) is 7.66. The van der Waals surface area contributed by atoms with Crippen molar-refractivity contribution in [2.45, 2.75) is 13.0 Å². The smallest absolute Gasteiger partial charge is 0.225 e. The minimum atomic E-state index is -0.395. The molecule has 0 amide bonds. The van der Waals surface area contributed by atoms with Crippen LogP contribution in [0, 0.1) is 11.7 Å². The number of hydrogen-bond acceptors (Lipinski definition) is 5. The van der Waals surface area contributed by atoms with E-state index >= 15 is 0 Å². The maximum Gasteiger partial charge on any atom is 0.225 e. The molecule has 2 atom stereocenters. The number of aromatic nitrogens is 1. The fourth-order valence-electron chi connectivity index (χ4n) is 3.06. The van der Waals surface area contributed by atoms with Crippen LogP contribution in [0.15, 0.2) is 42.0 Å². The predicted molar refractivity (Wildman–Crippen MR) is 99.3 cm³/mol. The lowest BCUT2D eigenvalue weighted by Crippen LogP contribution is -2.20. The lowest BCUT2D eigenvalue weighted by Gasteiger charge is -2.21. The SMILES string of the molecule is CNc1cc(F)cc2cc(C=O)c(OCC3=CC(C)C(OC)C=C3)nc12. The first-order valence-corrected chi connectivity index (χ1v) is 8.37. The predicted octanol–water partition coefficient (Wildman–Crippen LogP) is 3.75. The van der Waals surface area contributed by atoms with Gasteiger partial charge >= 0.3 is 0 Å². The fraction of sp³-hybridized carbons (Fsp3) is 0.300. The molecule has 26 heavy (non-hydrogen) atoms. The molecular weight excluding hydrogens is 335 g/mol. The minimum Gasteiger partial charge on any atom is -0.472 e. The third kappa shape index (κ3) is 3.60. The number of halogens is 1. The summed E-state index contributed by atoms with van der Waals surface area (Å²) in [7, 11) is 3.37. The molecule has 6 heteroatoms. The second-order valence-corrected chi connectivity index (χ2v) is 6.22. The number of methoxy groups -OCH3 is 1. The Morgan fingerprint density at radius 1 is 1.35 bits per heavy atom. The van der Waals surface area contributed by atoms with Crippen LogP contribution < -0.4 is 10.1 Å². The van der Waals surface area contributed by atoms with Crippen molar-refractivity contribution < 1.29 is 18.7 Å². The van der Waals surface area contributed by atoms with Gasteiger partial charge in [0.2, 0.25) is 5.88 Å². The standard InChI is InChI=1S/C20H21FN2O3/c1-12-6-13(4-5-18(12)25-3)11-26-20-15(10-24)7-14-8-16(21)9-17(22-2)19(14)23-20/h4-10,12,18,22H,11H2,1-3H3. The van der Waals surface area contributed by atoms with Crippen LogP contribution in [0.2, 0.25) is 0 Å². The van der Waals surface area contributed by atoms with Gasteiger partial charge in [0.1, 0.15) is 12.4 Å². The van der Waals surface area contributed by atoms with Crippen molar-refractivity contribution in [3.05, 3.63) is 53.4 Å². The van der Waals surface area contributed by atoms with Crippen LogP contribution in [0.1, 0.15) is 17.3 Å². The topological polar surface area (TPSA) is 60.5 Å². The first-order valence-electron chi connectivity index (χ1n) is 8.37. The van der Waals surface area contributed by atoms with Gasteiger partial charge in [0.25, 0.3) is 0 Å². The average Bonchev–Trinajstić information content (AvgIpc) is 2.65. The monoisotopic (exact) mass is 356 g/mol. The molecule has 0 aliphatic heterocycles. The Bertz CT molecular complexity index is 892. The Morgan fingerprint density at radius 3 is 2.81 bits per heavy atom. The molecule has 0 radical (unpaired) electrons. The molecule has 0 saturated carbocycles. The highest BCUT2D eigenvalue weighted by molar-refractivity contribution is 5.95. The number of carbonyl (C=O) groups excluding carboxylic acids is 1. The van der Waals surface area contributed by atoms with Gasteiger partial charge < -0.3 is 14.8 Å². The highest BCUT2D eigenvalue weighted by atomic mass is 19.1. The largest absolute Gasteiger partial charge is 0.472 e. The summed E-state index contributed by atoms with van der Waals surface area (Å²) in [5.41, 5.74) is 2.36. The van der Waals surface area contributed by atoms with Crippen LogP contribution in [-0.4, -0.2) is 38.1 Å². The number of fused-ring (bicyclic) bond motifs is 1. The summed E-state index contributed by atoms with van der Waals surface area (Å²) >= 11 is 0. The van der Waals surface area contributed by atoms with Crippen LogP contribution in [0.3, 0.4) is 0 Å². The van der Waals surface area contributed by atoms with Crippen LogP contribution in [-0.2, 0) is 4.74 Å². The molecular formula is C20H21FN2O3. The number of nitrogens with one attached hydrogen (secondary N) is 1. The van der Waals surface area contributed by atoms with Gasteiger partial charge in [0.05, 0.1) is 22.9 Å². The minimum absolute atomic E-state index is 0.0520.